The molecule has 1 fully saturated rings. The van der Waals surface area contributed by atoms with E-state index in [0.29, 0.717) is 24.3 Å². The van der Waals surface area contributed by atoms with Crippen LogP contribution in [0.15, 0.2) is 31.0 Å². The van der Waals surface area contributed by atoms with Crippen molar-refractivity contribution in [1.82, 2.24) is 15.4 Å². The van der Waals surface area contributed by atoms with Crippen molar-refractivity contribution in [3.63, 3.8) is 0 Å². The third-order valence-electron chi connectivity index (χ3n) is 4.63. The van der Waals surface area contributed by atoms with E-state index in [1.165, 1.54) is 19.4 Å². The van der Waals surface area contributed by atoms with Gasteiger partial charge in [-0.05, 0) is 32.3 Å². The summed E-state index contributed by atoms with van der Waals surface area (Å²) in [5.41, 5.74) is 3.71. The van der Waals surface area contributed by atoms with Crippen molar-refractivity contribution in [2.75, 3.05) is 32.1 Å². The highest BCUT2D eigenvalue weighted by Crippen LogP contribution is 2.28. The van der Waals surface area contributed by atoms with Crippen LogP contribution in [-0.4, -0.2) is 59.7 Å². The summed E-state index contributed by atoms with van der Waals surface area (Å²) in [5, 5.41) is 12.8. The van der Waals surface area contributed by atoms with Gasteiger partial charge in [-0.15, -0.1) is 0 Å². The second-order valence-electron chi connectivity index (χ2n) is 6.49. The van der Waals surface area contributed by atoms with Crippen molar-refractivity contribution in [2.45, 2.75) is 32.2 Å². The number of hydrogen-bond acceptors (Lipinski definition) is 6. The van der Waals surface area contributed by atoms with Crippen molar-refractivity contribution < 1.29 is 19.5 Å². The Bertz CT molecular complexity index is 748. The maximum Gasteiger partial charge on any atom is 0.293 e. The third-order valence-corrected chi connectivity index (χ3v) is 4.63. The van der Waals surface area contributed by atoms with Gasteiger partial charge in [-0.1, -0.05) is 18.7 Å². The summed E-state index contributed by atoms with van der Waals surface area (Å²) in [6.45, 7) is 7.07. The molecule has 1 aromatic rings. The van der Waals surface area contributed by atoms with Gasteiger partial charge >= 0.3 is 0 Å². The zero-order valence-electron chi connectivity index (χ0n) is 16.4. The molecule has 0 aromatic carbocycles. The Morgan fingerprint density at radius 2 is 2.29 bits per heavy atom. The summed E-state index contributed by atoms with van der Waals surface area (Å²) in [4.78, 5) is 35.5. The topological polar surface area (TPSA) is 104 Å². The van der Waals surface area contributed by atoms with Gasteiger partial charge in [0.1, 0.15) is 5.69 Å². The van der Waals surface area contributed by atoms with Crippen LogP contribution in [0.1, 0.15) is 42.2 Å². The lowest BCUT2D eigenvalue weighted by Crippen LogP contribution is -2.38. The average Bonchev–Trinajstić information content (AvgIpc) is 3.19. The fourth-order valence-electron chi connectivity index (χ4n) is 3.15. The second-order valence-corrected chi connectivity index (χ2v) is 6.49. The Balaban J connectivity index is 2.30. The summed E-state index contributed by atoms with van der Waals surface area (Å²) < 4.78 is 0. The fraction of sp³-hybridized carbons (Fsp3) is 0.450. The van der Waals surface area contributed by atoms with Crippen LogP contribution in [0.25, 0.3) is 5.57 Å². The minimum Gasteiger partial charge on any atom is -0.394 e. The Kier molecular flexibility index (Phi) is 8.16. The first kappa shape index (κ1) is 21.6. The lowest BCUT2D eigenvalue weighted by Gasteiger charge is -2.25. The van der Waals surface area contributed by atoms with Crippen LogP contribution in [0.4, 0.5) is 5.69 Å². The zero-order chi connectivity index (χ0) is 20.5. The molecule has 1 saturated heterocycles. The van der Waals surface area contributed by atoms with Gasteiger partial charge in [0, 0.05) is 24.2 Å². The van der Waals surface area contributed by atoms with E-state index in [4.69, 9.17) is 0 Å². The monoisotopic (exact) mass is 388 g/mol. The predicted molar refractivity (Wildman–Crippen MR) is 107 cm³/mol. The summed E-state index contributed by atoms with van der Waals surface area (Å²) in [7, 11) is 1.33. The number of anilines is 1. The van der Waals surface area contributed by atoms with Gasteiger partial charge < -0.3 is 15.3 Å². The van der Waals surface area contributed by atoms with E-state index in [1.54, 1.807) is 4.90 Å². The number of hydroxylamine groups is 1. The van der Waals surface area contributed by atoms with Gasteiger partial charge in [0.15, 0.2) is 0 Å². The molecule has 0 bridgehead atoms. The van der Waals surface area contributed by atoms with Crippen LogP contribution in [-0.2, 0) is 9.63 Å². The van der Waals surface area contributed by atoms with E-state index in [0.717, 1.165) is 19.3 Å². The third kappa shape index (κ3) is 5.17. The molecule has 1 aromatic heterocycles. The van der Waals surface area contributed by atoms with Gasteiger partial charge in [0.25, 0.3) is 11.8 Å². The molecule has 1 atom stereocenters. The van der Waals surface area contributed by atoms with Crippen molar-refractivity contribution in [3.05, 3.63) is 42.3 Å². The first-order chi connectivity index (χ1) is 13.5. The number of pyridine rings is 1. The minimum atomic E-state index is -0.515. The molecule has 2 amide bonds. The number of carbonyl (C=O) groups is 2. The molecule has 2 rings (SSSR count). The molecular formula is C20H28N4O4. The zero-order valence-corrected chi connectivity index (χ0v) is 16.4. The number of nitrogens with one attached hydrogen (secondary N) is 2. The maximum absolute atomic E-state index is 13.0. The number of nitrogens with zero attached hydrogens (tertiary/aromatic N) is 2. The van der Waals surface area contributed by atoms with Crippen molar-refractivity contribution in [1.29, 1.82) is 0 Å². The van der Waals surface area contributed by atoms with Crippen LogP contribution in [0.3, 0.4) is 0 Å². The SMILES string of the molecule is C=C(C(=O)N1CCCC1CO)c1cc(C(=O)NOC)ncc1NCC/C=C\C. The molecule has 2 heterocycles. The quantitative estimate of drug-likeness (QED) is 0.258. The Labute approximate surface area is 165 Å². The summed E-state index contributed by atoms with van der Waals surface area (Å²) in [5.74, 6) is -0.767. The summed E-state index contributed by atoms with van der Waals surface area (Å²) >= 11 is 0. The van der Waals surface area contributed by atoms with E-state index in [-0.39, 0.29) is 29.8 Å². The highest BCUT2D eigenvalue weighted by atomic mass is 16.6. The first-order valence-electron chi connectivity index (χ1n) is 9.33. The fourth-order valence-corrected chi connectivity index (χ4v) is 3.15. The highest BCUT2D eigenvalue weighted by molar-refractivity contribution is 6.20. The molecule has 3 N–H and O–H groups in total. The van der Waals surface area contributed by atoms with Crippen LogP contribution in [0, 0.1) is 0 Å². The standard InChI is InChI=1S/C20H28N4O4/c1-4-5-6-9-21-18-12-22-17(19(26)23-28-3)11-16(18)14(2)20(27)24-10-7-8-15(24)13-25/h4-5,11-12,15,21,25H,2,6-10,13H2,1,3H3,(H,23,26)/b5-4-. The molecular weight excluding hydrogens is 360 g/mol. The number of likely N-dealkylation sites (tertiary alicyclic amines) is 1. The highest BCUT2D eigenvalue weighted by Gasteiger charge is 2.30. The van der Waals surface area contributed by atoms with E-state index < -0.39 is 5.91 Å². The lowest BCUT2D eigenvalue weighted by molar-refractivity contribution is -0.126. The minimum absolute atomic E-state index is 0.0781. The molecule has 1 unspecified atom stereocenters. The molecule has 0 spiro atoms. The lowest BCUT2D eigenvalue weighted by atomic mass is 10.0. The number of aliphatic hydroxyl groups excluding tert-OH is 1. The molecule has 152 valence electrons. The number of allylic oxidation sites excluding steroid dienone is 1. The second kappa shape index (κ2) is 10.6. The molecule has 1 aliphatic heterocycles. The Morgan fingerprint density at radius 3 is 2.96 bits per heavy atom. The van der Waals surface area contributed by atoms with E-state index in [1.807, 2.05) is 19.1 Å². The number of aromatic nitrogens is 1. The van der Waals surface area contributed by atoms with Crippen LogP contribution >= 0.6 is 0 Å². The van der Waals surface area contributed by atoms with Gasteiger partial charge in [0.05, 0.1) is 31.6 Å². The number of rotatable bonds is 9. The summed E-state index contributed by atoms with van der Waals surface area (Å²) in [6, 6.07) is 1.32. The Hall–Kier alpha value is -2.71. The Morgan fingerprint density at radius 1 is 1.50 bits per heavy atom. The van der Waals surface area contributed by atoms with Gasteiger partial charge in [0.2, 0.25) is 0 Å². The number of aliphatic hydroxyl groups is 1. The maximum atomic E-state index is 13.0. The number of hydrogen-bond donors (Lipinski definition) is 3. The first-order valence-corrected chi connectivity index (χ1v) is 9.33. The molecule has 1 aliphatic rings. The van der Waals surface area contributed by atoms with Crippen molar-refractivity contribution in [3.8, 4) is 0 Å². The number of carbonyl (C=O) groups excluding carboxylic acids is 2. The molecule has 0 aliphatic carbocycles. The van der Waals surface area contributed by atoms with Crippen LogP contribution in [0.2, 0.25) is 0 Å². The predicted octanol–water partition coefficient (Wildman–Crippen LogP) is 1.75. The molecule has 0 radical (unpaired) electrons. The van der Waals surface area contributed by atoms with Crippen LogP contribution in [0.5, 0.6) is 0 Å². The van der Waals surface area contributed by atoms with Gasteiger partial charge in [-0.3, -0.25) is 14.4 Å². The smallest absolute Gasteiger partial charge is 0.293 e. The van der Waals surface area contributed by atoms with Crippen molar-refractivity contribution >= 4 is 23.1 Å². The van der Waals surface area contributed by atoms with E-state index in [2.05, 4.69) is 27.2 Å². The van der Waals surface area contributed by atoms with Crippen molar-refractivity contribution in [2.24, 2.45) is 0 Å². The van der Waals surface area contributed by atoms with Gasteiger partial charge in [-0.25, -0.2) is 10.5 Å². The molecule has 8 nitrogen and oxygen atoms in total. The van der Waals surface area contributed by atoms with E-state index in [9.17, 15) is 14.7 Å². The normalized spacial score (nSPS) is 16.4. The summed E-state index contributed by atoms with van der Waals surface area (Å²) in [6.07, 6.45) is 7.92. The average molecular weight is 388 g/mol. The molecule has 0 saturated carbocycles. The van der Waals surface area contributed by atoms with Crippen LogP contribution < -0.4 is 10.8 Å². The largest absolute Gasteiger partial charge is 0.394 e. The van der Waals surface area contributed by atoms with Gasteiger partial charge in [-0.2, -0.15) is 0 Å². The van der Waals surface area contributed by atoms with E-state index >= 15 is 0 Å². The molecule has 28 heavy (non-hydrogen) atoms. The number of amides is 2. The molecule has 8 heteroatoms.